The molecular formula is C7H5N5S2. The number of rotatable bonds is 0. The second kappa shape index (κ2) is 2.52. The van der Waals surface area contributed by atoms with Gasteiger partial charge in [0.25, 0.3) is 0 Å². The summed E-state index contributed by atoms with van der Waals surface area (Å²) >= 11 is 2.84. The van der Waals surface area contributed by atoms with Gasteiger partial charge in [-0.15, -0.1) is 0 Å². The van der Waals surface area contributed by atoms with E-state index in [9.17, 15) is 0 Å². The third kappa shape index (κ3) is 1.03. The van der Waals surface area contributed by atoms with Crippen LogP contribution in [0.15, 0.2) is 6.07 Å². The zero-order chi connectivity index (χ0) is 9.71. The Morgan fingerprint density at radius 3 is 1.86 bits per heavy atom. The van der Waals surface area contributed by atoms with E-state index in [1.54, 1.807) is 0 Å². The summed E-state index contributed by atoms with van der Waals surface area (Å²) < 4.78 is 1.94. The molecule has 0 radical (unpaired) electrons. The maximum atomic E-state index is 5.58. The van der Waals surface area contributed by atoms with Crippen molar-refractivity contribution in [2.45, 2.75) is 0 Å². The highest BCUT2D eigenvalue weighted by molar-refractivity contribution is 7.24. The Kier molecular flexibility index (Phi) is 1.42. The lowest BCUT2D eigenvalue weighted by molar-refractivity contribution is 1.33. The van der Waals surface area contributed by atoms with Crippen LogP contribution in [0.3, 0.4) is 0 Å². The van der Waals surface area contributed by atoms with E-state index in [0.717, 1.165) is 9.40 Å². The average molecular weight is 223 g/mol. The minimum atomic E-state index is 0.526. The van der Waals surface area contributed by atoms with Crippen LogP contribution < -0.4 is 11.5 Å². The number of hydrogen-bond acceptors (Lipinski definition) is 7. The smallest absolute Gasteiger partial charge is 0.182 e. The van der Waals surface area contributed by atoms with Gasteiger partial charge in [0.1, 0.15) is 0 Å². The van der Waals surface area contributed by atoms with Crippen molar-refractivity contribution < 1.29 is 0 Å². The Bertz CT molecular complexity index is 523. The number of hydrogen-bond donors (Lipinski definition) is 2. The molecule has 0 aliphatic heterocycles. The lowest BCUT2D eigenvalue weighted by Crippen LogP contribution is -1.83. The van der Waals surface area contributed by atoms with E-state index in [-0.39, 0.29) is 0 Å². The third-order valence-electron chi connectivity index (χ3n) is 1.78. The fourth-order valence-electron chi connectivity index (χ4n) is 1.25. The van der Waals surface area contributed by atoms with Crippen LogP contribution in [0.4, 0.5) is 10.3 Å². The average Bonchev–Trinajstić information content (AvgIpc) is 2.59. The van der Waals surface area contributed by atoms with E-state index in [0.29, 0.717) is 21.6 Å². The second-order valence-corrected chi connectivity index (χ2v) is 4.86. The van der Waals surface area contributed by atoms with Crippen LogP contribution in [0.1, 0.15) is 0 Å². The molecule has 3 aromatic heterocycles. The minimum absolute atomic E-state index is 0.526. The minimum Gasteiger partial charge on any atom is -0.375 e. The highest BCUT2D eigenvalue weighted by atomic mass is 32.1. The number of pyridine rings is 1. The first kappa shape index (κ1) is 7.89. The summed E-state index contributed by atoms with van der Waals surface area (Å²) in [5.41, 5.74) is 12.4. The molecule has 3 heterocycles. The maximum Gasteiger partial charge on any atom is 0.182 e. The highest BCUT2D eigenvalue weighted by Gasteiger charge is 2.07. The van der Waals surface area contributed by atoms with Crippen molar-refractivity contribution in [1.82, 2.24) is 15.0 Å². The summed E-state index contributed by atoms with van der Waals surface area (Å²) in [6.07, 6.45) is 0. The van der Waals surface area contributed by atoms with Crippen molar-refractivity contribution in [3.05, 3.63) is 6.07 Å². The van der Waals surface area contributed by atoms with E-state index < -0.39 is 0 Å². The van der Waals surface area contributed by atoms with Gasteiger partial charge in [0.15, 0.2) is 21.6 Å². The predicted molar refractivity (Wildman–Crippen MR) is 59.4 cm³/mol. The molecule has 0 saturated carbocycles. The predicted octanol–water partition coefficient (Wildman–Crippen LogP) is 1.47. The Morgan fingerprint density at radius 1 is 0.857 bits per heavy atom. The molecule has 14 heavy (non-hydrogen) atoms. The van der Waals surface area contributed by atoms with Crippen molar-refractivity contribution >= 4 is 53.6 Å². The van der Waals surface area contributed by atoms with Crippen LogP contribution >= 0.6 is 22.7 Å². The SMILES string of the molecule is Nc1nc2nc3nc(N)sc3cc2s1. The van der Waals surface area contributed by atoms with Crippen molar-refractivity contribution in [2.75, 3.05) is 11.5 Å². The normalized spacial score (nSPS) is 11.4. The first-order chi connectivity index (χ1) is 6.72. The van der Waals surface area contributed by atoms with Gasteiger partial charge >= 0.3 is 0 Å². The van der Waals surface area contributed by atoms with E-state index in [1.165, 1.54) is 22.7 Å². The molecule has 0 spiro atoms. The molecule has 0 atom stereocenters. The summed E-state index contributed by atoms with van der Waals surface area (Å²) in [5.74, 6) is 0. The first-order valence-corrected chi connectivity index (χ1v) is 5.45. The van der Waals surface area contributed by atoms with Gasteiger partial charge in [-0.25, -0.2) is 15.0 Å². The molecular weight excluding hydrogens is 218 g/mol. The molecule has 70 valence electrons. The Labute approximate surface area is 86.4 Å². The monoisotopic (exact) mass is 223 g/mol. The van der Waals surface area contributed by atoms with Crippen LogP contribution in [0.2, 0.25) is 0 Å². The Hall–Kier alpha value is -1.47. The van der Waals surface area contributed by atoms with Crippen LogP contribution in [0.5, 0.6) is 0 Å². The Morgan fingerprint density at radius 2 is 1.36 bits per heavy atom. The maximum absolute atomic E-state index is 5.58. The van der Waals surface area contributed by atoms with E-state index >= 15 is 0 Å². The number of nitrogen functional groups attached to an aromatic ring is 2. The molecule has 0 aliphatic carbocycles. The molecule has 0 aromatic carbocycles. The molecule has 0 saturated heterocycles. The van der Waals surface area contributed by atoms with Gasteiger partial charge in [-0.2, -0.15) is 0 Å². The third-order valence-corrected chi connectivity index (χ3v) is 3.42. The first-order valence-electron chi connectivity index (χ1n) is 3.81. The van der Waals surface area contributed by atoms with Gasteiger partial charge in [-0.1, -0.05) is 22.7 Å². The summed E-state index contributed by atoms with van der Waals surface area (Å²) in [6.45, 7) is 0. The van der Waals surface area contributed by atoms with Gasteiger partial charge in [-0.05, 0) is 6.07 Å². The van der Waals surface area contributed by atoms with Crippen molar-refractivity contribution in [3.63, 3.8) is 0 Å². The fourth-order valence-corrected chi connectivity index (χ4v) is 2.76. The molecule has 0 unspecified atom stereocenters. The van der Waals surface area contributed by atoms with E-state index in [1.807, 2.05) is 6.07 Å². The zero-order valence-corrected chi connectivity index (χ0v) is 8.52. The summed E-state index contributed by atoms with van der Waals surface area (Å²) in [7, 11) is 0. The molecule has 0 amide bonds. The van der Waals surface area contributed by atoms with Crippen LogP contribution in [-0.4, -0.2) is 15.0 Å². The van der Waals surface area contributed by atoms with Crippen LogP contribution in [-0.2, 0) is 0 Å². The van der Waals surface area contributed by atoms with Gasteiger partial charge in [0.05, 0.1) is 9.40 Å². The van der Waals surface area contributed by atoms with Crippen molar-refractivity contribution in [3.8, 4) is 0 Å². The molecule has 0 fully saturated rings. The Balaban J connectivity index is 2.49. The van der Waals surface area contributed by atoms with Crippen LogP contribution in [0.25, 0.3) is 20.7 Å². The summed E-state index contributed by atoms with van der Waals surface area (Å²) in [4.78, 5) is 12.4. The largest absolute Gasteiger partial charge is 0.375 e. The lowest BCUT2D eigenvalue weighted by atomic mass is 10.4. The van der Waals surface area contributed by atoms with Crippen molar-refractivity contribution in [2.24, 2.45) is 0 Å². The van der Waals surface area contributed by atoms with E-state index in [4.69, 9.17) is 11.5 Å². The van der Waals surface area contributed by atoms with Crippen LogP contribution in [0, 0.1) is 0 Å². The van der Waals surface area contributed by atoms with E-state index in [2.05, 4.69) is 15.0 Å². The number of aromatic nitrogens is 3. The molecule has 0 aliphatic rings. The summed E-state index contributed by atoms with van der Waals surface area (Å²) in [6, 6.07) is 1.97. The molecule has 4 N–H and O–H groups in total. The number of nitrogens with zero attached hydrogens (tertiary/aromatic N) is 3. The number of thiazole rings is 2. The van der Waals surface area contributed by atoms with Gasteiger partial charge in [0, 0.05) is 0 Å². The molecule has 3 rings (SSSR count). The number of fused-ring (bicyclic) bond motifs is 2. The van der Waals surface area contributed by atoms with Gasteiger partial charge in [0.2, 0.25) is 0 Å². The highest BCUT2D eigenvalue weighted by Crippen LogP contribution is 2.29. The molecule has 0 bridgehead atoms. The quantitative estimate of drug-likeness (QED) is 0.602. The molecule has 7 heteroatoms. The zero-order valence-electron chi connectivity index (χ0n) is 6.89. The molecule has 3 aromatic rings. The number of nitrogens with two attached hydrogens (primary N) is 2. The lowest BCUT2D eigenvalue weighted by Gasteiger charge is -1.85. The van der Waals surface area contributed by atoms with Gasteiger partial charge < -0.3 is 11.5 Å². The van der Waals surface area contributed by atoms with Crippen molar-refractivity contribution in [1.29, 1.82) is 0 Å². The number of anilines is 2. The summed E-state index contributed by atoms with van der Waals surface area (Å²) in [5, 5.41) is 1.05. The second-order valence-electron chi connectivity index (χ2n) is 2.74. The topological polar surface area (TPSA) is 90.7 Å². The molecule has 5 nitrogen and oxygen atoms in total. The van der Waals surface area contributed by atoms with Gasteiger partial charge in [-0.3, -0.25) is 0 Å². The fraction of sp³-hybridized carbons (Fsp3) is 0. The standard InChI is InChI=1S/C7H5N5S2/c8-6-11-4-2(13-6)1-3-5(10-4)12-7(9)14-3/h1H,(H4,8,9,10,11,12).